The number of halogens is 1. The number of hydrogen-bond acceptors (Lipinski definition) is 3. The highest BCUT2D eigenvalue weighted by Gasteiger charge is 2.17. The number of aryl methyl sites for hydroxylation is 1. The molecule has 1 unspecified atom stereocenters. The van der Waals surface area contributed by atoms with Gasteiger partial charge >= 0.3 is 0 Å². The van der Waals surface area contributed by atoms with E-state index in [1.165, 1.54) is 7.11 Å². The van der Waals surface area contributed by atoms with Gasteiger partial charge in [-0.1, -0.05) is 24.3 Å². The van der Waals surface area contributed by atoms with E-state index in [0.29, 0.717) is 29.1 Å². The molecule has 0 fully saturated rings. The summed E-state index contributed by atoms with van der Waals surface area (Å²) in [6, 6.07) is 12.6. The van der Waals surface area contributed by atoms with Crippen molar-refractivity contribution in [3.05, 3.63) is 59.0 Å². The van der Waals surface area contributed by atoms with Crippen LogP contribution in [0.2, 0.25) is 0 Å². The van der Waals surface area contributed by atoms with E-state index in [0.717, 1.165) is 0 Å². The van der Waals surface area contributed by atoms with E-state index in [2.05, 4.69) is 11.1 Å². The molecule has 0 saturated carbocycles. The molecule has 0 saturated heterocycles. The molecule has 0 aliphatic carbocycles. The summed E-state index contributed by atoms with van der Waals surface area (Å²) < 4.78 is 19.1. The molecule has 0 radical (unpaired) electrons. The molecule has 1 aromatic carbocycles. The molecular weight excluding hydrogens is 255 g/mol. The van der Waals surface area contributed by atoms with Crippen molar-refractivity contribution in [2.45, 2.75) is 19.3 Å². The van der Waals surface area contributed by atoms with Crippen LogP contribution in [0.5, 0.6) is 5.88 Å². The van der Waals surface area contributed by atoms with Crippen LogP contribution in [0, 0.1) is 24.1 Å². The minimum Gasteiger partial charge on any atom is -0.481 e. The fourth-order valence-corrected chi connectivity index (χ4v) is 2.06. The number of hydrogen-bond donors (Lipinski definition) is 0. The lowest BCUT2D eigenvalue weighted by Gasteiger charge is -2.12. The van der Waals surface area contributed by atoms with Crippen molar-refractivity contribution < 1.29 is 9.13 Å². The van der Waals surface area contributed by atoms with Crippen LogP contribution in [-0.2, 0) is 6.42 Å². The van der Waals surface area contributed by atoms with E-state index in [-0.39, 0.29) is 5.82 Å². The monoisotopic (exact) mass is 270 g/mol. The van der Waals surface area contributed by atoms with E-state index < -0.39 is 5.92 Å². The van der Waals surface area contributed by atoms with Crippen molar-refractivity contribution in [1.29, 1.82) is 5.26 Å². The van der Waals surface area contributed by atoms with Gasteiger partial charge in [-0.25, -0.2) is 9.37 Å². The molecule has 4 heteroatoms. The van der Waals surface area contributed by atoms with Gasteiger partial charge in [-0.15, -0.1) is 0 Å². The van der Waals surface area contributed by atoms with Crippen molar-refractivity contribution in [2.75, 3.05) is 7.11 Å². The van der Waals surface area contributed by atoms with E-state index in [1.807, 2.05) is 6.07 Å². The smallest absolute Gasteiger partial charge is 0.213 e. The Labute approximate surface area is 117 Å². The highest BCUT2D eigenvalue weighted by atomic mass is 19.1. The number of benzene rings is 1. The van der Waals surface area contributed by atoms with Gasteiger partial charge < -0.3 is 4.74 Å². The summed E-state index contributed by atoms with van der Waals surface area (Å²) in [5.41, 5.74) is 1.66. The first kappa shape index (κ1) is 14.0. The Hall–Kier alpha value is -2.41. The molecule has 102 valence electrons. The maximum absolute atomic E-state index is 14.1. The molecule has 1 aromatic heterocycles. The zero-order chi connectivity index (χ0) is 14.5. The first-order valence-corrected chi connectivity index (χ1v) is 6.30. The van der Waals surface area contributed by atoms with Crippen LogP contribution in [0.15, 0.2) is 36.4 Å². The van der Waals surface area contributed by atoms with Gasteiger partial charge in [0.25, 0.3) is 0 Å². The molecule has 3 nitrogen and oxygen atoms in total. The van der Waals surface area contributed by atoms with Gasteiger partial charge in [-0.3, -0.25) is 0 Å². The Morgan fingerprint density at radius 3 is 2.75 bits per heavy atom. The number of nitriles is 1. The Morgan fingerprint density at radius 1 is 1.30 bits per heavy atom. The Morgan fingerprint density at radius 2 is 2.05 bits per heavy atom. The van der Waals surface area contributed by atoms with Crippen LogP contribution in [0.25, 0.3) is 0 Å². The number of aromatic nitrogens is 1. The molecule has 2 rings (SSSR count). The predicted molar refractivity (Wildman–Crippen MR) is 74.0 cm³/mol. The van der Waals surface area contributed by atoms with Crippen molar-refractivity contribution in [3.8, 4) is 11.9 Å². The van der Waals surface area contributed by atoms with Crippen molar-refractivity contribution in [1.82, 2.24) is 4.98 Å². The number of nitrogens with zero attached hydrogens (tertiary/aromatic N) is 2. The maximum atomic E-state index is 14.1. The zero-order valence-electron chi connectivity index (χ0n) is 11.4. The Balaban J connectivity index is 2.29. The summed E-state index contributed by atoms with van der Waals surface area (Å²) in [6.45, 7) is 1.69. The fourth-order valence-electron chi connectivity index (χ4n) is 2.06. The molecule has 1 heterocycles. The van der Waals surface area contributed by atoms with Gasteiger partial charge in [0.2, 0.25) is 5.88 Å². The SMILES string of the molecule is COc1cccc(CC(C#N)c2cccc(C)c2F)n1. The van der Waals surface area contributed by atoms with E-state index in [1.54, 1.807) is 37.3 Å². The summed E-state index contributed by atoms with van der Waals surface area (Å²) in [6.07, 6.45) is 0.355. The molecule has 20 heavy (non-hydrogen) atoms. The molecule has 2 aromatic rings. The standard InChI is InChI=1S/C16H15FN2O/c1-11-5-3-7-14(16(11)17)12(10-18)9-13-6-4-8-15(19-13)20-2/h3-8,12H,9H2,1-2H3. The van der Waals surface area contributed by atoms with Gasteiger partial charge in [-0.2, -0.15) is 5.26 Å². The van der Waals surface area contributed by atoms with E-state index in [4.69, 9.17) is 4.74 Å². The second kappa shape index (κ2) is 6.16. The zero-order valence-corrected chi connectivity index (χ0v) is 11.4. The summed E-state index contributed by atoms with van der Waals surface area (Å²) >= 11 is 0. The van der Waals surface area contributed by atoms with Crippen molar-refractivity contribution in [2.24, 2.45) is 0 Å². The number of methoxy groups -OCH3 is 1. The van der Waals surface area contributed by atoms with E-state index >= 15 is 0 Å². The van der Waals surface area contributed by atoms with Crippen LogP contribution < -0.4 is 4.74 Å². The molecule has 0 aliphatic rings. The van der Waals surface area contributed by atoms with Gasteiger partial charge in [0, 0.05) is 23.7 Å². The fraction of sp³-hybridized carbons (Fsp3) is 0.250. The average Bonchev–Trinajstić information content (AvgIpc) is 2.48. The van der Waals surface area contributed by atoms with Crippen molar-refractivity contribution in [3.63, 3.8) is 0 Å². The summed E-state index contributed by atoms with van der Waals surface area (Å²) in [7, 11) is 1.54. The summed E-state index contributed by atoms with van der Waals surface area (Å²) in [5.74, 6) is -0.389. The largest absolute Gasteiger partial charge is 0.481 e. The first-order valence-electron chi connectivity index (χ1n) is 6.30. The van der Waals surface area contributed by atoms with Gasteiger partial charge in [0.05, 0.1) is 19.1 Å². The van der Waals surface area contributed by atoms with Crippen LogP contribution in [0.4, 0.5) is 4.39 Å². The van der Waals surface area contributed by atoms with Crippen LogP contribution in [0.3, 0.4) is 0 Å². The third-order valence-electron chi connectivity index (χ3n) is 3.16. The Bertz CT molecular complexity index is 649. The molecule has 1 atom stereocenters. The van der Waals surface area contributed by atoms with E-state index in [9.17, 15) is 9.65 Å². The van der Waals surface area contributed by atoms with Gasteiger partial charge in [-0.05, 0) is 18.6 Å². The van der Waals surface area contributed by atoms with Crippen molar-refractivity contribution >= 4 is 0 Å². The van der Waals surface area contributed by atoms with Gasteiger partial charge in [0.1, 0.15) is 5.82 Å². The third-order valence-corrected chi connectivity index (χ3v) is 3.16. The van der Waals surface area contributed by atoms with Crippen LogP contribution in [0.1, 0.15) is 22.7 Å². The molecule has 0 aliphatic heterocycles. The minimum atomic E-state index is -0.561. The summed E-state index contributed by atoms with van der Waals surface area (Å²) in [5, 5.41) is 9.31. The minimum absolute atomic E-state index is 0.318. The first-order chi connectivity index (χ1) is 9.65. The summed E-state index contributed by atoms with van der Waals surface area (Å²) in [4.78, 5) is 4.26. The topological polar surface area (TPSA) is 45.9 Å². The van der Waals surface area contributed by atoms with Crippen LogP contribution >= 0.6 is 0 Å². The number of rotatable bonds is 4. The number of pyridine rings is 1. The lowest BCUT2D eigenvalue weighted by Crippen LogP contribution is -2.06. The van der Waals surface area contributed by atoms with Gasteiger partial charge in [0.15, 0.2) is 0 Å². The molecule has 0 amide bonds. The molecular formula is C16H15FN2O. The maximum Gasteiger partial charge on any atom is 0.213 e. The second-order valence-corrected chi connectivity index (χ2v) is 4.54. The normalized spacial score (nSPS) is 11.7. The lowest BCUT2D eigenvalue weighted by molar-refractivity contribution is 0.396. The second-order valence-electron chi connectivity index (χ2n) is 4.54. The predicted octanol–water partition coefficient (Wildman–Crippen LogP) is 3.39. The lowest BCUT2D eigenvalue weighted by atomic mass is 9.93. The molecule has 0 spiro atoms. The highest BCUT2D eigenvalue weighted by molar-refractivity contribution is 5.33. The molecule has 0 bridgehead atoms. The Kier molecular flexibility index (Phi) is 4.31. The third kappa shape index (κ3) is 2.94. The number of ether oxygens (including phenoxy) is 1. The molecule has 0 N–H and O–H groups in total. The quantitative estimate of drug-likeness (QED) is 0.855. The highest BCUT2D eigenvalue weighted by Crippen LogP contribution is 2.24. The average molecular weight is 270 g/mol. The van der Waals surface area contributed by atoms with Crippen LogP contribution in [-0.4, -0.2) is 12.1 Å².